The summed E-state index contributed by atoms with van der Waals surface area (Å²) in [5, 5.41) is 2.71. The molecule has 1 fully saturated rings. The molecule has 2 aromatic carbocycles. The predicted octanol–water partition coefficient (Wildman–Crippen LogP) is 2.26. The zero-order chi connectivity index (χ0) is 22.4. The van der Waals surface area contributed by atoms with Gasteiger partial charge in [0.05, 0.1) is 17.7 Å². The number of sulfonamides is 1. The number of methoxy groups -OCH3 is 1. The van der Waals surface area contributed by atoms with Crippen molar-refractivity contribution in [1.82, 2.24) is 10.2 Å². The van der Waals surface area contributed by atoms with Crippen LogP contribution in [0.3, 0.4) is 0 Å². The molecular formula is C22H27N3O5S. The van der Waals surface area contributed by atoms with Gasteiger partial charge in [-0.3, -0.25) is 13.9 Å². The Morgan fingerprint density at radius 2 is 1.71 bits per heavy atom. The van der Waals surface area contributed by atoms with E-state index in [2.05, 4.69) is 5.32 Å². The fourth-order valence-corrected chi connectivity index (χ4v) is 4.67. The molecule has 0 aliphatic carbocycles. The molecule has 1 saturated heterocycles. The van der Waals surface area contributed by atoms with Crippen LogP contribution in [-0.4, -0.2) is 58.9 Å². The Morgan fingerprint density at radius 3 is 2.35 bits per heavy atom. The summed E-state index contributed by atoms with van der Waals surface area (Å²) in [6, 6.07) is 12.5. The molecule has 1 N–H and O–H groups in total. The fraction of sp³-hybridized carbons (Fsp3) is 0.364. The van der Waals surface area contributed by atoms with E-state index in [0.717, 1.165) is 30.2 Å². The van der Waals surface area contributed by atoms with E-state index in [1.54, 1.807) is 24.3 Å². The van der Waals surface area contributed by atoms with Gasteiger partial charge >= 0.3 is 0 Å². The molecule has 166 valence electrons. The van der Waals surface area contributed by atoms with E-state index in [1.807, 2.05) is 4.90 Å². The van der Waals surface area contributed by atoms with Gasteiger partial charge in [-0.05, 0) is 49.2 Å². The number of hydrogen-bond acceptors (Lipinski definition) is 5. The standard InChI is InChI=1S/C22H27N3O5S/c1-24(19-7-3-4-8-20(19)30-2)31(28,29)18-11-9-17(10-12-18)22(27)23-14-13-21(26)25-15-5-6-16-25/h3-4,7-12H,5-6,13-16H2,1-2H3,(H,23,27). The number of hydrogen-bond donors (Lipinski definition) is 1. The molecule has 0 saturated carbocycles. The maximum Gasteiger partial charge on any atom is 0.264 e. The molecule has 0 spiro atoms. The lowest BCUT2D eigenvalue weighted by atomic mass is 10.2. The van der Waals surface area contributed by atoms with Gasteiger partial charge in [0, 0.05) is 38.7 Å². The number of nitrogens with zero attached hydrogens (tertiary/aromatic N) is 2. The lowest BCUT2D eigenvalue weighted by Gasteiger charge is -2.21. The number of benzene rings is 2. The zero-order valence-electron chi connectivity index (χ0n) is 17.7. The number of likely N-dealkylation sites (tertiary alicyclic amines) is 1. The minimum absolute atomic E-state index is 0.0404. The van der Waals surface area contributed by atoms with Crippen molar-refractivity contribution in [3.05, 3.63) is 54.1 Å². The molecule has 1 aliphatic heterocycles. The van der Waals surface area contributed by atoms with Gasteiger partial charge in [-0.2, -0.15) is 0 Å². The van der Waals surface area contributed by atoms with Crippen LogP contribution in [0.1, 0.15) is 29.6 Å². The second-order valence-electron chi connectivity index (χ2n) is 7.26. The summed E-state index contributed by atoms with van der Waals surface area (Å²) < 4.78 is 32.4. The topological polar surface area (TPSA) is 96.0 Å². The third-order valence-electron chi connectivity index (χ3n) is 5.28. The SMILES string of the molecule is COc1ccccc1N(C)S(=O)(=O)c1ccc(C(=O)NCCC(=O)N2CCCC2)cc1. The van der Waals surface area contributed by atoms with Crippen LogP contribution in [0.4, 0.5) is 5.69 Å². The number of rotatable bonds is 8. The molecule has 0 aromatic heterocycles. The molecule has 1 aliphatic rings. The quantitative estimate of drug-likeness (QED) is 0.672. The fourth-order valence-electron chi connectivity index (χ4n) is 3.47. The van der Waals surface area contributed by atoms with Crippen LogP contribution in [0.2, 0.25) is 0 Å². The van der Waals surface area contributed by atoms with E-state index in [9.17, 15) is 18.0 Å². The van der Waals surface area contributed by atoms with Gasteiger partial charge in [-0.25, -0.2) is 8.42 Å². The van der Waals surface area contributed by atoms with Gasteiger partial charge in [0.1, 0.15) is 5.75 Å². The third kappa shape index (κ3) is 5.16. The Balaban J connectivity index is 1.63. The third-order valence-corrected chi connectivity index (χ3v) is 7.07. The molecule has 9 heteroatoms. The molecule has 2 amide bonds. The molecule has 1 heterocycles. The second-order valence-corrected chi connectivity index (χ2v) is 9.23. The maximum absolute atomic E-state index is 13.0. The first-order valence-corrected chi connectivity index (χ1v) is 11.6. The van der Waals surface area contributed by atoms with Crippen molar-refractivity contribution in [2.45, 2.75) is 24.2 Å². The number of ether oxygens (including phenoxy) is 1. The van der Waals surface area contributed by atoms with E-state index >= 15 is 0 Å². The Bertz CT molecular complexity index is 1030. The Morgan fingerprint density at radius 1 is 1.06 bits per heavy atom. The van der Waals surface area contributed by atoms with Crippen LogP contribution < -0.4 is 14.4 Å². The molecule has 3 rings (SSSR count). The highest BCUT2D eigenvalue weighted by molar-refractivity contribution is 7.92. The molecule has 0 radical (unpaired) electrons. The smallest absolute Gasteiger partial charge is 0.264 e. The normalized spacial score (nSPS) is 13.7. The Labute approximate surface area is 182 Å². The van der Waals surface area contributed by atoms with E-state index < -0.39 is 10.0 Å². The number of carbonyl (C=O) groups is 2. The first kappa shape index (κ1) is 22.6. The van der Waals surface area contributed by atoms with Gasteiger partial charge in [-0.1, -0.05) is 12.1 Å². The van der Waals surface area contributed by atoms with Gasteiger partial charge in [0.2, 0.25) is 5.91 Å². The summed E-state index contributed by atoms with van der Waals surface area (Å²) in [6.45, 7) is 1.81. The first-order chi connectivity index (χ1) is 14.8. The number of anilines is 1. The monoisotopic (exact) mass is 445 g/mol. The summed E-state index contributed by atoms with van der Waals surface area (Å²) in [6.07, 6.45) is 2.31. The summed E-state index contributed by atoms with van der Waals surface area (Å²) in [4.78, 5) is 26.2. The van der Waals surface area contributed by atoms with E-state index in [4.69, 9.17) is 4.74 Å². The van der Waals surface area contributed by atoms with Crippen molar-refractivity contribution >= 4 is 27.5 Å². The molecular weight excluding hydrogens is 418 g/mol. The predicted molar refractivity (Wildman–Crippen MR) is 118 cm³/mol. The number of carbonyl (C=O) groups excluding carboxylic acids is 2. The maximum atomic E-state index is 13.0. The molecule has 31 heavy (non-hydrogen) atoms. The lowest BCUT2D eigenvalue weighted by molar-refractivity contribution is -0.129. The van der Waals surface area contributed by atoms with Crippen LogP contribution in [-0.2, 0) is 14.8 Å². The molecule has 8 nitrogen and oxygen atoms in total. The van der Waals surface area contributed by atoms with Crippen molar-refractivity contribution in [3.63, 3.8) is 0 Å². The minimum atomic E-state index is -3.83. The molecule has 0 unspecified atom stereocenters. The number of amides is 2. The summed E-state index contributed by atoms with van der Waals surface area (Å²) >= 11 is 0. The van der Waals surface area contributed by atoms with Crippen LogP contribution >= 0.6 is 0 Å². The van der Waals surface area contributed by atoms with Crippen molar-refractivity contribution in [1.29, 1.82) is 0 Å². The van der Waals surface area contributed by atoms with Crippen LogP contribution in [0.25, 0.3) is 0 Å². The van der Waals surface area contributed by atoms with Gasteiger partial charge in [-0.15, -0.1) is 0 Å². The molecule has 0 atom stereocenters. The lowest BCUT2D eigenvalue weighted by Crippen LogP contribution is -2.32. The van der Waals surface area contributed by atoms with Crippen LogP contribution in [0, 0.1) is 0 Å². The highest BCUT2D eigenvalue weighted by Crippen LogP contribution is 2.30. The average molecular weight is 446 g/mol. The van der Waals surface area contributed by atoms with E-state index in [0.29, 0.717) is 17.0 Å². The van der Waals surface area contributed by atoms with Crippen molar-refractivity contribution < 1.29 is 22.7 Å². The van der Waals surface area contributed by atoms with Gasteiger partial charge < -0.3 is 15.0 Å². The minimum Gasteiger partial charge on any atom is -0.495 e. The van der Waals surface area contributed by atoms with E-state index in [-0.39, 0.29) is 29.7 Å². The summed E-state index contributed by atoms with van der Waals surface area (Å²) in [5.74, 6) is 0.128. The molecule has 2 aromatic rings. The first-order valence-electron chi connectivity index (χ1n) is 10.1. The Hall–Kier alpha value is -3.07. The average Bonchev–Trinajstić information content (AvgIpc) is 3.33. The van der Waals surface area contributed by atoms with Gasteiger partial charge in [0.25, 0.3) is 15.9 Å². The summed E-state index contributed by atoms with van der Waals surface area (Å²) in [7, 11) is -0.906. The second kappa shape index (κ2) is 9.82. The Kier molecular flexibility index (Phi) is 7.17. The largest absolute Gasteiger partial charge is 0.495 e. The molecule has 0 bridgehead atoms. The van der Waals surface area contributed by atoms with Gasteiger partial charge in [0.15, 0.2) is 0 Å². The van der Waals surface area contributed by atoms with Crippen LogP contribution in [0.15, 0.2) is 53.4 Å². The highest BCUT2D eigenvalue weighted by Gasteiger charge is 2.24. The summed E-state index contributed by atoms with van der Waals surface area (Å²) in [5.41, 5.74) is 0.738. The number of para-hydroxylation sites is 2. The van der Waals surface area contributed by atoms with Crippen molar-refractivity contribution in [3.8, 4) is 5.75 Å². The van der Waals surface area contributed by atoms with Crippen molar-refractivity contribution in [2.75, 3.05) is 38.1 Å². The van der Waals surface area contributed by atoms with Crippen molar-refractivity contribution in [2.24, 2.45) is 0 Å². The number of nitrogens with one attached hydrogen (secondary N) is 1. The van der Waals surface area contributed by atoms with Crippen LogP contribution in [0.5, 0.6) is 5.75 Å². The zero-order valence-corrected chi connectivity index (χ0v) is 18.5. The van der Waals surface area contributed by atoms with E-state index in [1.165, 1.54) is 38.4 Å². The highest BCUT2D eigenvalue weighted by atomic mass is 32.2.